The largest absolute Gasteiger partial charge is 0.338 e. The Morgan fingerprint density at radius 2 is 2.47 bits per heavy atom. The Morgan fingerprint density at radius 3 is 3.07 bits per heavy atom. The van der Waals surface area contributed by atoms with Crippen molar-refractivity contribution in [1.29, 1.82) is 0 Å². The third-order valence-corrected chi connectivity index (χ3v) is 5.00. The zero-order chi connectivity index (χ0) is 10.8. The molecule has 1 fully saturated rings. The molecule has 0 aliphatic carbocycles. The van der Waals surface area contributed by atoms with Crippen LogP contribution in [0.1, 0.15) is 23.2 Å². The predicted molar refractivity (Wildman–Crippen MR) is 74.9 cm³/mol. The lowest BCUT2D eigenvalue weighted by molar-refractivity contribution is 0.0730. The van der Waals surface area contributed by atoms with Crippen LogP contribution in [0.5, 0.6) is 0 Å². The number of hydrogen-bond donors (Lipinski definition) is 0. The highest BCUT2D eigenvalue weighted by Crippen LogP contribution is 2.22. The molecule has 0 N–H and O–H groups in total. The van der Waals surface area contributed by atoms with E-state index in [1.54, 1.807) is 11.3 Å². The number of piperidine rings is 1. The molecule has 1 atom stereocenters. The second-order valence-corrected chi connectivity index (χ2v) is 7.73. The molecule has 2 rings (SSSR count). The normalized spacial score (nSPS) is 21.7. The first-order valence-corrected chi connectivity index (χ1v) is 7.71. The lowest BCUT2D eigenvalue weighted by Gasteiger charge is -2.29. The van der Waals surface area contributed by atoms with E-state index in [4.69, 9.17) is 0 Å². The standard InChI is InChI=1S/C10H11BrINOS/c11-8-2-1-3-13(5-8)10(14)7-4-9(12)15-6-7/h4,6,8H,1-3,5H2. The van der Waals surface area contributed by atoms with E-state index in [0.29, 0.717) is 4.83 Å². The Morgan fingerprint density at radius 1 is 1.67 bits per heavy atom. The lowest BCUT2D eigenvalue weighted by Crippen LogP contribution is -2.40. The number of rotatable bonds is 1. The molecule has 0 radical (unpaired) electrons. The van der Waals surface area contributed by atoms with Gasteiger partial charge in [0.05, 0.1) is 8.45 Å². The predicted octanol–water partition coefficient (Wildman–Crippen LogP) is 3.35. The van der Waals surface area contributed by atoms with Crippen molar-refractivity contribution in [1.82, 2.24) is 4.90 Å². The van der Waals surface area contributed by atoms with E-state index >= 15 is 0 Å². The third kappa shape index (κ3) is 2.94. The topological polar surface area (TPSA) is 20.3 Å². The number of likely N-dealkylation sites (tertiary alicyclic amines) is 1. The van der Waals surface area contributed by atoms with Crippen LogP contribution in [0, 0.1) is 2.88 Å². The Labute approximate surface area is 115 Å². The van der Waals surface area contributed by atoms with Gasteiger partial charge in [-0.2, -0.15) is 0 Å². The number of carbonyl (C=O) groups is 1. The van der Waals surface area contributed by atoms with Crippen LogP contribution >= 0.6 is 49.9 Å². The summed E-state index contributed by atoms with van der Waals surface area (Å²) in [5.41, 5.74) is 0.839. The van der Waals surface area contributed by atoms with Crippen molar-refractivity contribution >= 4 is 55.8 Å². The Balaban J connectivity index is 2.07. The number of nitrogens with zero attached hydrogens (tertiary/aromatic N) is 1. The van der Waals surface area contributed by atoms with Gasteiger partial charge in [-0.15, -0.1) is 11.3 Å². The van der Waals surface area contributed by atoms with Gasteiger partial charge in [-0.25, -0.2) is 0 Å². The van der Waals surface area contributed by atoms with Crippen LogP contribution in [0.3, 0.4) is 0 Å². The van der Waals surface area contributed by atoms with Crippen LogP contribution < -0.4 is 0 Å². The lowest BCUT2D eigenvalue weighted by atomic mass is 10.1. The fourth-order valence-corrected chi connectivity index (χ4v) is 3.71. The van der Waals surface area contributed by atoms with Crippen LogP contribution in [-0.2, 0) is 0 Å². The van der Waals surface area contributed by atoms with Crippen molar-refractivity contribution in [2.75, 3.05) is 13.1 Å². The molecule has 2 nitrogen and oxygen atoms in total. The van der Waals surface area contributed by atoms with Crippen LogP contribution in [0.15, 0.2) is 11.4 Å². The summed E-state index contributed by atoms with van der Waals surface area (Å²) in [5.74, 6) is 0.179. The number of thiophene rings is 1. The van der Waals surface area contributed by atoms with Crippen molar-refractivity contribution in [2.45, 2.75) is 17.7 Å². The molecule has 5 heteroatoms. The molecule has 15 heavy (non-hydrogen) atoms. The molecule has 1 aromatic heterocycles. The molecule has 1 saturated heterocycles. The summed E-state index contributed by atoms with van der Waals surface area (Å²) in [5, 5.41) is 1.95. The van der Waals surface area contributed by atoms with Gasteiger partial charge in [0.15, 0.2) is 0 Å². The minimum Gasteiger partial charge on any atom is -0.338 e. The number of halogens is 2. The quantitative estimate of drug-likeness (QED) is 0.523. The third-order valence-electron chi connectivity index (χ3n) is 2.47. The zero-order valence-electron chi connectivity index (χ0n) is 8.08. The fourth-order valence-electron chi connectivity index (χ4n) is 1.71. The molecule has 1 amide bonds. The summed E-state index contributed by atoms with van der Waals surface area (Å²) in [6.45, 7) is 1.73. The van der Waals surface area contributed by atoms with E-state index in [1.807, 2.05) is 16.3 Å². The average molecular weight is 400 g/mol. The summed E-state index contributed by atoms with van der Waals surface area (Å²) in [6, 6.07) is 1.96. The highest BCUT2D eigenvalue weighted by atomic mass is 127. The van der Waals surface area contributed by atoms with Gasteiger partial charge in [0, 0.05) is 23.3 Å². The van der Waals surface area contributed by atoms with Crippen LogP contribution in [0.4, 0.5) is 0 Å². The molecule has 0 aromatic carbocycles. The van der Waals surface area contributed by atoms with Gasteiger partial charge in [-0.05, 0) is 41.5 Å². The SMILES string of the molecule is O=C(c1csc(I)c1)N1CCCC(Br)C1. The van der Waals surface area contributed by atoms with Gasteiger partial charge in [0.2, 0.25) is 0 Å². The summed E-state index contributed by atoms with van der Waals surface area (Å²) in [4.78, 5) is 14.5. The maximum Gasteiger partial charge on any atom is 0.254 e. The first kappa shape index (κ1) is 11.9. The van der Waals surface area contributed by atoms with Gasteiger partial charge < -0.3 is 4.90 Å². The minimum absolute atomic E-state index is 0.179. The Kier molecular flexibility index (Phi) is 4.06. The molecule has 0 saturated carbocycles. The van der Waals surface area contributed by atoms with Crippen molar-refractivity contribution in [3.8, 4) is 0 Å². The highest BCUT2D eigenvalue weighted by molar-refractivity contribution is 14.1. The van der Waals surface area contributed by atoms with Gasteiger partial charge in [-0.1, -0.05) is 15.9 Å². The van der Waals surface area contributed by atoms with E-state index in [9.17, 15) is 4.79 Å². The summed E-state index contributed by atoms with van der Waals surface area (Å²) in [7, 11) is 0. The van der Waals surface area contributed by atoms with E-state index in [1.165, 1.54) is 9.30 Å². The van der Waals surface area contributed by atoms with E-state index < -0.39 is 0 Å². The van der Waals surface area contributed by atoms with Crippen LogP contribution in [0.2, 0.25) is 0 Å². The number of hydrogen-bond acceptors (Lipinski definition) is 2. The average Bonchev–Trinajstić information content (AvgIpc) is 2.64. The summed E-state index contributed by atoms with van der Waals surface area (Å²) < 4.78 is 1.17. The molecular weight excluding hydrogens is 389 g/mol. The van der Waals surface area contributed by atoms with Gasteiger partial charge >= 0.3 is 0 Å². The molecule has 0 spiro atoms. The van der Waals surface area contributed by atoms with Gasteiger partial charge in [0.25, 0.3) is 5.91 Å². The molecule has 1 aliphatic rings. The number of alkyl halides is 1. The first-order chi connectivity index (χ1) is 7.16. The first-order valence-electron chi connectivity index (χ1n) is 4.84. The van der Waals surface area contributed by atoms with Crippen LogP contribution in [-0.4, -0.2) is 28.7 Å². The van der Waals surface area contributed by atoms with E-state index in [0.717, 1.165) is 25.1 Å². The fraction of sp³-hybridized carbons (Fsp3) is 0.500. The smallest absolute Gasteiger partial charge is 0.254 e. The zero-order valence-corrected chi connectivity index (χ0v) is 12.6. The molecule has 2 heterocycles. The van der Waals surface area contributed by atoms with Crippen molar-refractivity contribution in [3.05, 3.63) is 19.9 Å². The number of carbonyl (C=O) groups excluding carboxylic acids is 1. The molecular formula is C10H11BrINOS. The monoisotopic (exact) mass is 399 g/mol. The summed E-state index contributed by atoms with van der Waals surface area (Å²) in [6.07, 6.45) is 2.27. The van der Waals surface area contributed by atoms with Crippen molar-refractivity contribution in [2.24, 2.45) is 0 Å². The highest BCUT2D eigenvalue weighted by Gasteiger charge is 2.23. The van der Waals surface area contributed by atoms with Gasteiger partial charge in [0.1, 0.15) is 0 Å². The van der Waals surface area contributed by atoms with Crippen LogP contribution in [0.25, 0.3) is 0 Å². The maximum absolute atomic E-state index is 12.1. The molecule has 0 bridgehead atoms. The van der Waals surface area contributed by atoms with Crippen molar-refractivity contribution < 1.29 is 4.79 Å². The maximum atomic E-state index is 12.1. The Hall–Kier alpha value is 0.380. The molecule has 1 aromatic rings. The van der Waals surface area contributed by atoms with Gasteiger partial charge in [-0.3, -0.25) is 4.79 Å². The Bertz CT molecular complexity index is 368. The number of amides is 1. The second-order valence-electron chi connectivity index (χ2n) is 3.63. The molecule has 82 valence electrons. The molecule has 1 unspecified atom stereocenters. The minimum atomic E-state index is 0.179. The summed E-state index contributed by atoms with van der Waals surface area (Å²) >= 11 is 7.45. The van der Waals surface area contributed by atoms with E-state index in [-0.39, 0.29) is 5.91 Å². The van der Waals surface area contributed by atoms with E-state index in [2.05, 4.69) is 38.5 Å². The second kappa shape index (κ2) is 5.14. The van der Waals surface area contributed by atoms with Crippen molar-refractivity contribution in [3.63, 3.8) is 0 Å². The molecule has 1 aliphatic heterocycles.